The van der Waals surface area contributed by atoms with Gasteiger partial charge in [0.1, 0.15) is 23.5 Å². The van der Waals surface area contributed by atoms with Gasteiger partial charge in [0.15, 0.2) is 0 Å². The Bertz CT molecular complexity index is 1420. The Morgan fingerprint density at radius 3 is 2.12 bits per heavy atom. The van der Waals surface area contributed by atoms with Crippen LogP contribution in [0.4, 0.5) is 35.4 Å². The Morgan fingerprint density at radius 1 is 0.976 bits per heavy atom. The van der Waals surface area contributed by atoms with Crippen molar-refractivity contribution in [1.82, 2.24) is 9.80 Å². The third-order valence-corrected chi connectivity index (χ3v) is 6.92. The number of carbonyl (C=O) groups excluding carboxylic acids is 3. The first-order valence-corrected chi connectivity index (χ1v) is 13.4. The van der Waals surface area contributed by atoms with Crippen molar-refractivity contribution < 1.29 is 33.0 Å². The van der Waals surface area contributed by atoms with Gasteiger partial charge in [0.05, 0.1) is 24.8 Å². The number of anilines is 3. The lowest BCUT2D eigenvalue weighted by molar-refractivity contribution is 0.0371. The zero-order chi connectivity index (χ0) is 30.4. The summed E-state index contributed by atoms with van der Waals surface area (Å²) in [5, 5.41) is 17.8. The van der Waals surface area contributed by atoms with Crippen LogP contribution in [0.3, 0.4) is 0 Å². The minimum Gasteiger partial charge on any atom is -0.487 e. The summed E-state index contributed by atoms with van der Waals surface area (Å²) in [7, 11) is 1.60. The zero-order valence-corrected chi connectivity index (χ0v) is 23.4. The van der Waals surface area contributed by atoms with Crippen LogP contribution in [0.2, 0.25) is 0 Å². The average molecular weight is 582 g/mol. The number of hydrogen-bond donors (Lipinski definition) is 4. The molecule has 5 amide bonds. The van der Waals surface area contributed by atoms with Crippen molar-refractivity contribution in [2.24, 2.45) is 5.92 Å². The normalized spacial score (nSPS) is 17.2. The minimum absolute atomic E-state index is 0.156. The van der Waals surface area contributed by atoms with Gasteiger partial charge in [-0.15, -0.1) is 0 Å². The Labute approximate surface area is 242 Å². The fourth-order valence-electron chi connectivity index (χ4n) is 4.45. The Hall–Kier alpha value is -4.71. The number of aliphatic hydroxyl groups excluding tert-OH is 1. The fraction of sp³-hybridized carbons (Fsp3) is 0.300. The van der Waals surface area contributed by atoms with Gasteiger partial charge in [-0.2, -0.15) is 0 Å². The van der Waals surface area contributed by atoms with Gasteiger partial charge in [-0.1, -0.05) is 6.92 Å². The lowest BCUT2D eigenvalue weighted by atomic mass is 9.99. The number of carbonyl (C=O) groups is 3. The van der Waals surface area contributed by atoms with Gasteiger partial charge in [-0.05, 0) is 73.7 Å². The van der Waals surface area contributed by atoms with E-state index in [0.717, 1.165) is 0 Å². The number of amides is 5. The highest BCUT2D eigenvalue weighted by atomic mass is 19.1. The molecule has 0 fully saturated rings. The van der Waals surface area contributed by atoms with Crippen LogP contribution < -0.4 is 20.7 Å². The molecule has 0 unspecified atom stereocenters. The molecule has 3 aromatic carbocycles. The number of benzene rings is 3. The monoisotopic (exact) mass is 581 g/mol. The van der Waals surface area contributed by atoms with Gasteiger partial charge in [-0.25, -0.2) is 18.4 Å². The molecule has 3 aromatic rings. The van der Waals surface area contributed by atoms with Crippen molar-refractivity contribution in [2.75, 3.05) is 42.7 Å². The van der Waals surface area contributed by atoms with E-state index in [4.69, 9.17) is 4.74 Å². The molecule has 0 aromatic heterocycles. The van der Waals surface area contributed by atoms with E-state index >= 15 is 0 Å². The maximum atomic E-state index is 13.6. The van der Waals surface area contributed by atoms with Gasteiger partial charge in [-0.3, -0.25) is 4.79 Å². The highest BCUT2D eigenvalue weighted by Gasteiger charge is 2.34. The standard InChI is InChI=1S/C30H33F2N5O5/c1-18-15-37(19(2)17-38)28(39)25-14-24(34-29(40)33-22-8-4-20(31)5-9-22)12-13-26(25)42-27(18)16-36(3)30(41)35-23-10-6-21(32)7-11-23/h4-14,18-19,27,38H,15-17H2,1-3H3,(H,35,41)(H2,33,34,40)/t18-,19+,27-/m0/s1. The quantitative estimate of drug-likeness (QED) is 0.313. The lowest BCUT2D eigenvalue weighted by Gasteiger charge is -2.38. The molecule has 0 saturated carbocycles. The predicted molar refractivity (Wildman–Crippen MR) is 155 cm³/mol. The van der Waals surface area contributed by atoms with E-state index in [2.05, 4.69) is 16.0 Å². The zero-order valence-electron chi connectivity index (χ0n) is 23.4. The number of aliphatic hydroxyl groups is 1. The molecule has 0 spiro atoms. The van der Waals surface area contributed by atoms with Gasteiger partial charge >= 0.3 is 12.1 Å². The average Bonchev–Trinajstić information content (AvgIpc) is 2.97. The van der Waals surface area contributed by atoms with E-state index in [0.29, 0.717) is 17.1 Å². The SMILES string of the molecule is C[C@H](CO)N1C[C@H](C)[C@H](CN(C)C(=O)Nc2ccc(F)cc2)Oc2ccc(NC(=O)Nc3ccc(F)cc3)cc2C1=O. The first kappa shape index (κ1) is 30.3. The summed E-state index contributed by atoms with van der Waals surface area (Å²) in [6.07, 6.45) is -0.546. The van der Waals surface area contributed by atoms with E-state index in [1.165, 1.54) is 59.5 Å². The number of fused-ring (bicyclic) bond motifs is 1. The largest absolute Gasteiger partial charge is 0.487 e. The topological polar surface area (TPSA) is 123 Å². The molecule has 222 valence electrons. The molecule has 1 aliphatic heterocycles. The molecule has 1 aliphatic rings. The summed E-state index contributed by atoms with van der Waals surface area (Å²) in [6.45, 7) is 3.74. The second kappa shape index (κ2) is 13.3. The second-order valence-corrected chi connectivity index (χ2v) is 10.2. The molecular formula is C30H33F2N5O5. The second-order valence-electron chi connectivity index (χ2n) is 10.2. The van der Waals surface area contributed by atoms with Crippen LogP contribution in [0.15, 0.2) is 66.7 Å². The van der Waals surface area contributed by atoms with Crippen LogP contribution in [0.5, 0.6) is 5.75 Å². The molecule has 0 radical (unpaired) electrons. The summed E-state index contributed by atoms with van der Waals surface area (Å²) < 4.78 is 32.7. The summed E-state index contributed by atoms with van der Waals surface area (Å²) in [5.41, 5.74) is 1.29. The van der Waals surface area contributed by atoms with Crippen LogP contribution in [0, 0.1) is 17.6 Å². The third-order valence-electron chi connectivity index (χ3n) is 6.92. The highest BCUT2D eigenvalue weighted by molar-refractivity contribution is 6.02. The summed E-state index contributed by atoms with van der Waals surface area (Å²) in [4.78, 5) is 42.0. The van der Waals surface area contributed by atoms with E-state index in [9.17, 15) is 28.3 Å². The van der Waals surface area contributed by atoms with E-state index in [1.807, 2.05) is 6.92 Å². The highest BCUT2D eigenvalue weighted by Crippen LogP contribution is 2.31. The summed E-state index contributed by atoms with van der Waals surface area (Å²) >= 11 is 0. The van der Waals surface area contributed by atoms with Crippen LogP contribution >= 0.6 is 0 Å². The van der Waals surface area contributed by atoms with Crippen LogP contribution in [0.1, 0.15) is 24.2 Å². The summed E-state index contributed by atoms with van der Waals surface area (Å²) in [5.74, 6) is -1.23. The maximum Gasteiger partial charge on any atom is 0.323 e. The Balaban J connectivity index is 1.54. The molecule has 4 N–H and O–H groups in total. The molecule has 0 saturated heterocycles. The van der Waals surface area contributed by atoms with Crippen molar-refractivity contribution in [3.8, 4) is 5.75 Å². The number of urea groups is 2. The third kappa shape index (κ3) is 7.52. The summed E-state index contributed by atoms with van der Waals surface area (Å²) in [6, 6.07) is 13.8. The molecule has 3 atom stereocenters. The number of rotatable bonds is 7. The first-order chi connectivity index (χ1) is 20.0. The molecule has 12 heteroatoms. The fourth-order valence-corrected chi connectivity index (χ4v) is 4.45. The van der Waals surface area contributed by atoms with Crippen LogP contribution in [-0.2, 0) is 0 Å². The minimum atomic E-state index is -0.596. The Kier molecular flexibility index (Phi) is 9.58. The van der Waals surface area contributed by atoms with Gasteiger partial charge in [0.2, 0.25) is 0 Å². The van der Waals surface area contributed by atoms with Crippen molar-refractivity contribution in [3.63, 3.8) is 0 Å². The number of nitrogens with zero attached hydrogens (tertiary/aromatic N) is 2. The van der Waals surface area contributed by atoms with E-state index in [1.54, 1.807) is 31.0 Å². The first-order valence-electron chi connectivity index (χ1n) is 13.4. The van der Waals surface area contributed by atoms with Crippen LogP contribution in [0.25, 0.3) is 0 Å². The maximum absolute atomic E-state index is 13.6. The predicted octanol–water partition coefficient (Wildman–Crippen LogP) is 4.99. The molecular weight excluding hydrogens is 548 g/mol. The number of hydrogen-bond acceptors (Lipinski definition) is 5. The Morgan fingerprint density at radius 2 is 1.52 bits per heavy atom. The molecule has 4 rings (SSSR count). The molecule has 0 aliphatic carbocycles. The smallest absolute Gasteiger partial charge is 0.323 e. The number of nitrogens with one attached hydrogen (secondary N) is 3. The van der Waals surface area contributed by atoms with Gasteiger partial charge in [0.25, 0.3) is 5.91 Å². The van der Waals surface area contributed by atoms with Gasteiger partial charge in [0, 0.05) is 36.6 Å². The molecule has 10 nitrogen and oxygen atoms in total. The van der Waals surface area contributed by atoms with E-state index in [-0.39, 0.29) is 42.8 Å². The van der Waals surface area contributed by atoms with Crippen molar-refractivity contribution >= 4 is 35.0 Å². The van der Waals surface area contributed by atoms with Crippen molar-refractivity contribution in [3.05, 3.63) is 83.9 Å². The number of likely N-dealkylation sites (N-methyl/N-ethyl adjacent to an activating group) is 1. The number of halogens is 2. The van der Waals surface area contributed by atoms with Crippen LogP contribution in [-0.4, -0.2) is 71.8 Å². The molecule has 1 heterocycles. The molecule has 42 heavy (non-hydrogen) atoms. The lowest BCUT2D eigenvalue weighted by Crippen LogP contribution is -2.50. The molecule has 0 bridgehead atoms. The van der Waals surface area contributed by atoms with Crippen molar-refractivity contribution in [1.29, 1.82) is 0 Å². The van der Waals surface area contributed by atoms with Gasteiger partial charge < -0.3 is 35.6 Å². The number of ether oxygens (including phenoxy) is 1. The van der Waals surface area contributed by atoms with Crippen molar-refractivity contribution in [2.45, 2.75) is 26.0 Å². The van der Waals surface area contributed by atoms with E-state index < -0.39 is 35.8 Å².